The fourth-order valence-electron chi connectivity index (χ4n) is 4.28. The Kier molecular flexibility index (Phi) is 6.48. The number of likely N-dealkylation sites (N-methyl/N-ethyl adjacent to an activating group) is 1. The van der Waals surface area contributed by atoms with Gasteiger partial charge in [-0.1, -0.05) is 12.1 Å². The minimum Gasteiger partial charge on any atom is -1.00 e. The third kappa shape index (κ3) is 4.34. The van der Waals surface area contributed by atoms with Gasteiger partial charge in [-0.05, 0) is 23.8 Å². The smallest absolute Gasteiger partial charge is 0.416 e. The van der Waals surface area contributed by atoms with Crippen molar-refractivity contribution in [1.29, 1.82) is 0 Å². The zero-order valence-corrected chi connectivity index (χ0v) is 19.5. The fourth-order valence-corrected chi connectivity index (χ4v) is 4.28. The van der Waals surface area contributed by atoms with Crippen LogP contribution in [0.25, 0.3) is 0 Å². The predicted octanol–water partition coefficient (Wildman–Crippen LogP) is 1.39. The van der Waals surface area contributed by atoms with Crippen molar-refractivity contribution in [2.75, 3.05) is 34.5 Å². The van der Waals surface area contributed by atoms with Gasteiger partial charge in [0.15, 0.2) is 17.3 Å². The first kappa shape index (κ1) is 23.6. The van der Waals surface area contributed by atoms with Crippen LogP contribution in [-0.4, -0.2) is 44.8 Å². The van der Waals surface area contributed by atoms with Crippen LogP contribution >= 0.6 is 0 Å². The second-order valence-electron chi connectivity index (χ2n) is 8.19. The van der Waals surface area contributed by atoms with E-state index in [1.54, 1.807) is 0 Å². The SMILES string of the molecule is COc1c2c(cc3c1C(CC(=O)c1cccc(C(F)(F)F)c1)[N+](C)(C)CC3)OCO2.[I-]. The van der Waals surface area contributed by atoms with Gasteiger partial charge in [0, 0.05) is 12.0 Å². The fraction of sp³-hybridized carbons (Fsp3) is 0.409. The number of carbonyl (C=O) groups excluding carboxylic acids is 1. The number of Topliss-reactive ketones (excluding diaryl/α,β-unsaturated/α-hetero) is 1. The summed E-state index contributed by atoms with van der Waals surface area (Å²) in [5.41, 5.74) is 1.09. The van der Waals surface area contributed by atoms with Crippen LogP contribution in [0.1, 0.15) is 39.5 Å². The largest absolute Gasteiger partial charge is 1.00 e. The summed E-state index contributed by atoms with van der Waals surface area (Å²) < 4.78 is 56.5. The van der Waals surface area contributed by atoms with Crippen molar-refractivity contribution in [1.82, 2.24) is 0 Å². The summed E-state index contributed by atoms with van der Waals surface area (Å²) in [5.74, 6) is 1.31. The monoisotopic (exact) mass is 549 g/mol. The molecule has 2 aliphatic heterocycles. The van der Waals surface area contributed by atoms with Crippen LogP contribution in [0.2, 0.25) is 0 Å². The number of nitrogens with zero attached hydrogens (tertiary/aromatic N) is 1. The first-order valence-corrected chi connectivity index (χ1v) is 9.64. The highest BCUT2D eigenvalue weighted by Gasteiger charge is 2.42. The van der Waals surface area contributed by atoms with Crippen LogP contribution in [0.15, 0.2) is 30.3 Å². The number of ether oxygens (including phenoxy) is 3. The van der Waals surface area contributed by atoms with Crippen LogP contribution in [0.5, 0.6) is 17.2 Å². The maximum Gasteiger partial charge on any atom is 0.416 e. The Labute approximate surface area is 195 Å². The number of rotatable bonds is 4. The summed E-state index contributed by atoms with van der Waals surface area (Å²) in [6.07, 6.45) is -3.68. The molecule has 0 fully saturated rings. The van der Waals surface area contributed by atoms with Crippen molar-refractivity contribution < 1.29 is 60.6 Å². The molecular weight excluding hydrogens is 526 g/mol. The highest BCUT2D eigenvalue weighted by Crippen LogP contribution is 2.51. The molecule has 1 atom stereocenters. The topological polar surface area (TPSA) is 44.8 Å². The van der Waals surface area contributed by atoms with Gasteiger partial charge in [-0.15, -0.1) is 0 Å². The lowest BCUT2D eigenvalue weighted by Crippen LogP contribution is -3.00. The number of hydrogen-bond acceptors (Lipinski definition) is 4. The van der Waals surface area contributed by atoms with Gasteiger partial charge in [0.2, 0.25) is 12.5 Å². The van der Waals surface area contributed by atoms with Crippen molar-refractivity contribution >= 4 is 5.78 Å². The number of ketones is 1. The molecule has 0 saturated carbocycles. The normalized spacial score (nSPS) is 18.7. The van der Waals surface area contributed by atoms with Crippen LogP contribution in [0, 0.1) is 0 Å². The average molecular weight is 549 g/mol. The van der Waals surface area contributed by atoms with Gasteiger partial charge in [-0.3, -0.25) is 4.79 Å². The lowest BCUT2D eigenvalue weighted by atomic mass is 9.85. The van der Waals surface area contributed by atoms with E-state index < -0.39 is 11.7 Å². The molecule has 0 aliphatic carbocycles. The summed E-state index contributed by atoms with van der Waals surface area (Å²) in [6.45, 7) is 0.872. The van der Waals surface area contributed by atoms with E-state index >= 15 is 0 Å². The lowest BCUT2D eigenvalue weighted by molar-refractivity contribution is -0.922. The van der Waals surface area contributed by atoms with Gasteiger partial charge < -0.3 is 42.7 Å². The molecule has 2 aromatic rings. The van der Waals surface area contributed by atoms with Gasteiger partial charge in [-0.25, -0.2) is 0 Å². The molecule has 1 unspecified atom stereocenters. The molecule has 2 aromatic carbocycles. The predicted molar refractivity (Wildman–Crippen MR) is 103 cm³/mol. The zero-order valence-electron chi connectivity index (χ0n) is 17.4. The Morgan fingerprint density at radius 1 is 1.23 bits per heavy atom. The Morgan fingerprint density at radius 2 is 1.97 bits per heavy atom. The first-order chi connectivity index (χ1) is 14.1. The molecule has 0 radical (unpaired) electrons. The van der Waals surface area contributed by atoms with Crippen LogP contribution in [0.4, 0.5) is 13.2 Å². The Bertz CT molecular complexity index is 1010. The van der Waals surface area contributed by atoms with E-state index in [2.05, 4.69) is 0 Å². The molecule has 0 saturated heterocycles. The minimum atomic E-state index is -4.50. The number of benzene rings is 2. The summed E-state index contributed by atoms with van der Waals surface area (Å²) in [6, 6.07) is 6.21. The number of quaternary nitrogens is 1. The minimum absolute atomic E-state index is 0. The van der Waals surface area contributed by atoms with Gasteiger partial charge in [0.1, 0.15) is 6.04 Å². The summed E-state index contributed by atoms with van der Waals surface area (Å²) in [5, 5.41) is 0. The third-order valence-corrected chi connectivity index (χ3v) is 5.97. The molecule has 2 heterocycles. The van der Waals surface area contributed by atoms with Crippen molar-refractivity contribution in [3.63, 3.8) is 0 Å². The van der Waals surface area contributed by atoms with E-state index in [9.17, 15) is 18.0 Å². The lowest BCUT2D eigenvalue weighted by Gasteiger charge is -2.43. The summed E-state index contributed by atoms with van der Waals surface area (Å²) >= 11 is 0. The third-order valence-electron chi connectivity index (χ3n) is 5.97. The Morgan fingerprint density at radius 3 is 2.65 bits per heavy atom. The standard InChI is InChI=1S/C22H23F3NO4.HI/c1-26(2)8-7-14-10-18-20(30-12-29-18)21(28-3)19(14)16(26)11-17(27)13-5-4-6-15(9-13)22(23,24)25;/h4-6,9-10,16H,7-8,11-12H2,1-3H3;1H/q+1;/p-1. The average Bonchev–Trinajstić information content (AvgIpc) is 3.16. The highest BCUT2D eigenvalue weighted by atomic mass is 127. The summed E-state index contributed by atoms with van der Waals surface area (Å²) in [7, 11) is 5.56. The quantitative estimate of drug-likeness (QED) is 0.329. The second-order valence-corrected chi connectivity index (χ2v) is 8.19. The maximum atomic E-state index is 13.1. The van der Waals surface area contributed by atoms with Crippen molar-refractivity contribution in [2.45, 2.75) is 25.1 Å². The zero-order chi connectivity index (χ0) is 21.7. The van der Waals surface area contributed by atoms with E-state index in [1.807, 2.05) is 20.2 Å². The Hall–Kier alpha value is -2.01. The molecule has 168 valence electrons. The van der Waals surface area contributed by atoms with Crippen molar-refractivity contribution in [2.24, 2.45) is 0 Å². The first-order valence-electron chi connectivity index (χ1n) is 9.64. The van der Waals surface area contributed by atoms with Gasteiger partial charge in [0.05, 0.1) is 45.3 Å². The molecule has 0 bridgehead atoms. The molecule has 0 amide bonds. The maximum absolute atomic E-state index is 13.1. The molecule has 5 nitrogen and oxygen atoms in total. The molecule has 0 aromatic heterocycles. The van der Waals surface area contributed by atoms with Crippen LogP contribution in [-0.2, 0) is 12.6 Å². The highest BCUT2D eigenvalue weighted by molar-refractivity contribution is 5.96. The van der Waals surface area contributed by atoms with E-state index in [4.69, 9.17) is 14.2 Å². The van der Waals surface area contributed by atoms with E-state index in [0.717, 1.165) is 36.2 Å². The number of fused-ring (bicyclic) bond motifs is 2. The van der Waals surface area contributed by atoms with E-state index in [1.165, 1.54) is 19.2 Å². The van der Waals surface area contributed by atoms with E-state index in [-0.39, 0.29) is 54.6 Å². The number of carbonyl (C=O) groups is 1. The van der Waals surface area contributed by atoms with Gasteiger partial charge >= 0.3 is 6.18 Å². The second kappa shape index (κ2) is 8.50. The van der Waals surface area contributed by atoms with Crippen molar-refractivity contribution in [3.8, 4) is 17.2 Å². The van der Waals surface area contributed by atoms with Crippen LogP contribution in [0.3, 0.4) is 0 Å². The number of alkyl halides is 3. The molecule has 9 heteroatoms. The molecular formula is C22H23F3INO4. The van der Waals surface area contributed by atoms with E-state index in [0.29, 0.717) is 21.7 Å². The molecule has 2 aliphatic rings. The van der Waals surface area contributed by atoms with Crippen molar-refractivity contribution in [3.05, 3.63) is 52.6 Å². The molecule has 0 spiro atoms. The van der Waals surface area contributed by atoms with Gasteiger partial charge in [0.25, 0.3) is 0 Å². The number of methoxy groups -OCH3 is 1. The Balaban J connectivity index is 0.00000272. The van der Waals surface area contributed by atoms with Gasteiger partial charge in [-0.2, -0.15) is 13.2 Å². The molecule has 4 rings (SSSR count). The number of hydrogen-bond donors (Lipinski definition) is 0. The van der Waals surface area contributed by atoms with Crippen LogP contribution < -0.4 is 38.2 Å². The molecule has 31 heavy (non-hydrogen) atoms. The summed E-state index contributed by atoms with van der Waals surface area (Å²) in [4.78, 5) is 13.0. The number of halogens is 4. The molecule has 0 N–H and O–H groups in total.